The second-order valence-electron chi connectivity index (χ2n) is 4.43. The Hall–Kier alpha value is -0.220. The molecular weight excluding hydrogens is 220 g/mol. The Morgan fingerprint density at radius 1 is 1.44 bits per heavy atom. The molecule has 1 amide bonds. The van der Waals surface area contributed by atoms with Gasteiger partial charge in [-0.25, -0.2) is 0 Å². The van der Waals surface area contributed by atoms with E-state index in [0.29, 0.717) is 0 Å². The average Bonchev–Trinajstić information content (AvgIpc) is 2.29. The number of hydrogen-bond donors (Lipinski definition) is 2. The van der Waals surface area contributed by atoms with Gasteiger partial charge in [0, 0.05) is 5.25 Å². The van der Waals surface area contributed by atoms with E-state index in [9.17, 15) is 4.79 Å². The van der Waals surface area contributed by atoms with Gasteiger partial charge < -0.3 is 11.1 Å². The number of nitrogens with two attached hydrogens (primary N) is 1. The Balaban J connectivity index is 2.13. The highest BCUT2D eigenvalue weighted by Gasteiger charge is 2.16. The van der Waals surface area contributed by atoms with Gasteiger partial charge in [0.15, 0.2) is 0 Å². The lowest BCUT2D eigenvalue weighted by molar-refractivity contribution is -0.120. The van der Waals surface area contributed by atoms with Crippen LogP contribution in [0.3, 0.4) is 0 Å². The van der Waals surface area contributed by atoms with Crippen molar-refractivity contribution in [1.29, 1.82) is 0 Å². The van der Waals surface area contributed by atoms with Crippen molar-refractivity contribution in [2.45, 2.75) is 56.7 Å². The second-order valence-corrected chi connectivity index (χ2v) is 5.84. The lowest BCUT2D eigenvalue weighted by Gasteiger charge is -2.22. The fourth-order valence-electron chi connectivity index (χ4n) is 2.18. The maximum Gasteiger partial charge on any atom is 0.234 e. The van der Waals surface area contributed by atoms with E-state index in [1.54, 1.807) is 0 Å². The first kappa shape index (κ1) is 13.8. The quantitative estimate of drug-likeness (QED) is 0.719. The van der Waals surface area contributed by atoms with Gasteiger partial charge in [0.1, 0.15) is 0 Å². The van der Waals surface area contributed by atoms with E-state index in [4.69, 9.17) is 5.73 Å². The van der Waals surface area contributed by atoms with E-state index in [2.05, 4.69) is 5.32 Å². The van der Waals surface area contributed by atoms with Crippen LogP contribution < -0.4 is 11.1 Å². The van der Waals surface area contributed by atoms with Crippen molar-refractivity contribution < 1.29 is 4.79 Å². The lowest BCUT2D eigenvalue weighted by Crippen LogP contribution is -2.41. The van der Waals surface area contributed by atoms with Gasteiger partial charge in [0.2, 0.25) is 5.91 Å². The molecule has 16 heavy (non-hydrogen) atoms. The maximum atomic E-state index is 11.1. The predicted octanol–water partition coefficient (Wildman–Crippen LogP) is 1.91. The number of nitrogens with one attached hydrogen (secondary N) is 1. The first-order valence-electron chi connectivity index (χ1n) is 6.38. The van der Waals surface area contributed by atoms with Gasteiger partial charge in [-0.2, -0.15) is 11.8 Å². The van der Waals surface area contributed by atoms with E-state index in [1.807, 2.05) is 18.7 Å². The fraction of sp³-hybridized carbons (Fsp3) is 0.917. The third-order valence-electron chi connectivity index (χ3n) is 3.11. The first-order chi connectivity index (χ1) is 7.74. The van der Waals surface area contributed by atoms with Crippen LogP contribution in [-0.4, -0.2) is 29.5 Å². The number of carbonyl (C=O) groups is 1. The summed E-state index contributed by atoms with van der Waals surface area (Å²) in [6.07, 6.45) is 7.73. The molecule has 0 aromatic rings. The summed E-state index contributed by atoms with van der Waals surface area (Å²) in [6.45, 7) is 2.81. The molecule has 0 radical (unpaired) electrons. The molecule has 4 heteroatoms. The summed E-state index contributed by atoms with van der Waals surface area (Å²) in [6, 6.07) is -0.138. The molecule has 0 heterocycles. The molecule has 1 aliphatic rings. The number of thioether (sulfide) groups is 1. The minimum absolute atomic E-state index is 0.138. The molecule has 3 nitrogen and oxygen atoms in total. The molecule has 0 bridgehead atoms. The molecule has 1 unspecified atom stereocenters. The number of carbonyl (C=O) groups excluding carboxylic acids is 1. The highest BCUT2D eigenvalue weighted by Crippen LogP contribution is 2.28. The van der Waals surface area contributed by atoms with Crippen molar-refractivity contribution in [2.24, 2.45) is 5.73 Å². The van der Waals surface area contributed by atoms with Crippen LogP contribution in [0.1, 0.15) is 45.4 Å². The van der Waals surface area contributed by atoms with E-state index < -0.39 is 0 Å². The third kappa shape index (κ3) is 5.21. The van der Waals surface area contributed by atoms with Gasteiger partial charge in [-0.1, -0.05) is 26.2 Å². The van der Waals surface area contributed by atoms with Gasteiger partial charge in [-0.05, 0) is 31.6 Å². The number of rotatable bonds is 7. The summed E-state index contributed by atoms with van der Waals surface area (Å²) < 4.78 is 0. The van der Waals surface area contributed by atoms with Crippen LogP contribution >= 0.6 is 11.8 Å². The summed E-state index contributed by atoms with van der Waals surface area (Å²) in [4.78, 5) is 11.1. The van der Waals surface area contributed by atoms with Crippen molar-refractivity contribution in [2.75, 3.05) is 12.3 Å². The van der Waals surface area contributed by atoms with Crippen LogP contribution in [0.2, 0.25) is 0 Å². The number of hydrogen-bond acceptors (Lipinski definition) is 3. The monoisotopic (exact) mass is 244 g/mol. The zero-order chi connectivity index (χ0) is 11.8. The molecule has 94 valence electrons. The van der Waals surface area contributed by atoms with E-state index in [-0.39, 0.29) is 11.9 Å². The summed E-state index contributed by atoms with van der Waals surface area (Å²) in [7, 11) is 0. The smallest absolute Gasteiger partial charge is 0.234 e. The molecule has 1 aliphatic carbocycles. The lowest BCUT2D eigenvalue weighted by atomic mass is 10.0. The zero-order valence-electron chi connectivity index (χ0n) is 10.2. The molecule has 1 rings (SSSR count). The van der Waals surface area contributed by atoms with Crippen molar-refractivity contribution in [1.82, 2.24) is 5.32 Å². The molecular formula is C12H24N2OS. The van der Waals surface area contributed by atoms with Crippen LogP contribution in [0.15, 0.2) is 0 Å². The van der Waals surface area contributed by atoms with Gasteiger partial charge in [-0.15, -0.1) is 0 Å². The standard InChI is InChI=1S/C12H24N2OS/c1-2-14-11(12(13)15)8-9-16-10-6-4-3-5-7-10/h10-11,14H,2-9H2,1H3,(H2,13,15). The third-order valence-corrected chi connectivity index (χ3v) is 4.52. The van der Waals surface area contributed by atoms with Crippen molar-refractivity contribution in [3.8, 4) is 0 Å². The largest absolute Gasteiger partial charge is 0.368 e. The highest BCUT2D eigenvalue weighted by molar-refractivity contribution is 7.99. The predicted molar refractivity (Wildman–Crippen MR) is 70.6 cm³/mol. The van der Waals surface area contributed by atoms with Crippen LogP contribution in [0.4, 0.5) is 0 Å². The van der Waals surface area contributed by atoms with Gasteiger partial charge in [0.25, 0.3) is 0 Å². The van der Waals surface area contributed by atoms with E-state index in [0.717, 1.165) is 24.0 Å². The normalized spacial score (nSPS) is 19.6. The Kier molecular flexibility index (Phi) is 6.88. The van der Waals surface area contributed by atoms with Gasteiger partial charge in [0.05, 0.1) is 6.04 Å². The van der Waals surface area contributed by atoms with Crippen LogP contribution in [0.5, 0.6) is 0 Å². The molecule has 0 saturated heterocycles. The zero-order valence-corrected chi connectivity index (χ0v) is 11.0. The Morgan fingerprint density at radius 2 is 2.12 bits per heavy atom. The summed E-state index contributed by atoms with van der Waals surface area (Å²) in [5, 5.41) is 3.95. The highest BCUT2D eigenvalue weighted by atomic mass is 32.2. The van der Waals surface area contributed by atoms with Gasteiger partial charge in [-0.3, -0.25) is 4.79 Å². The topological polar surface area (TPSA) is 55.1 Å². The molecule has 3 N–H and O–H groups in total. The van der Waals surface area contributed by atoms with E-state index in [1.165, 1.54) is 32.1 Å². The minimum Gasteiger partial charge on any atom is -0.368 e. The molecule has 1 atom stereocenters. The summed E-state index contributed by atoms with van der Waals surface area (Å²) >= 11 is 2.02. The van der Waals surface area contributed by atoms with Crippen LogP contribution in [0, 0.1) is 0 Å². The molecule has 0 spiro atoms. The maximum absolute atomic E-state index is 11.1. The number of amides is 1. The fourth-order valence-corrected chi connectivity index (χ4v) is 3.55. The molecule has 0 aromatic carbocycles. The Morgan fingerprint density at radius 3 is 2.69 bits per heavy atom. The van der Waals surface area contributed by atoms with Crippen molar-refractivity contribution in [3.63, 3.8) is 0 Å². The van der Waals surface area contributed by atoms with E-state index >= 15 is 0 Å². The Bertz CT molecular complexity index is 205. The van der Waals surface area contributed by atoms with Crippen molar-refractivity contribution >= 4 is 17.7 Å². The first-order valence-corrected chi connectivity index (χ1v) is 7.43. The second kappa shape index (κ2) is 7.96. The number of primary amides is 1. The van der Waals surface area contributed by atoms with Crippen molar-refractivity contribution in [3.05, 3.63) is 0 Å². The Labute approximate surface area is 103 Å². The SMILES string of the molecule is CCNC(CCSC1CCCCC1)C(N)=O. The van der Waals surface area contributed by atoms with Crippen LogP contribution in [-0.2, 0) is 4.79 Å². The average molecular weight is 244 g/mol. The molecule has 0 aliphatic heterocycles. The van der Waals surface area contributed by atoms with Gasteiger partial charge >= 0.3 is 0 Å². The molecule has 1 fully saturated rings. The summed E-state index contributed by atoms with van der Waals surface area (Å²) in [5.74, 6) is 0.830. The number of likely N-dealkylation sites (N-methyl/N-ethyl adjacent to an activating group) is 1. The molecule has 1 saturated carbocycles. The summed E-state index contributed by atoms with van der Waals surface area (Å²) in [5.41, 5.74) is 5.33. The van der Waals surface area contributed by atoms with Crippen LogP contribution in [0.25, 0.3) is 0 Å². The molecule has 0 aromatic heterocycles. The minimum atomic E-state index is -0.217.